The van der Waals surface area contributed by atoms with E-state index in [4.69, 9.17) is 34.2 Å². The third kappa shape index (κ3) is 21.0. The Morgan fingerprint density at radius 2 is 1.34 bits per heavy atom. The number of hydrogen-bond acceptors (Lipinski definition) is 18. The molecule has 18 nitrogen and oxygen atoms in total. The van der Waals surface area contributed by atoms with Gasteiger partial charge in [-0.3, -0.25) is 9.59 Å². The van der Waals surface area contributed by atoms with Crippen LogP contribution in [0, 0.1) is 17.8 Å². The summed E-state index contributed by atoms with van der Waals surface area (Å²) in [4.78, 5) is 26.4. The fourth-order valence-corrected chi connectivity index (χ4v) is 8.61. The molecule has 0 aromatic carbocycles. The van der Waals surface area contributed by atoms with Crippen molar-refractivity contribution in [1.29, 1.82) is 0 Å². The Labute approximate surface area is 419 Å². The number of carbonyl (C=O) groups excluding carboxylic acids is 2. The standard InChI is InChI=1S/C53H83NO17/c1-7-25-66-51(65)46-43(60)32-53(67-26-8-2)31-39(57)28-42(59)41(58)24-23-37(55)27-38(56)29-45(61)68-35(5)34(4)48(62)33(3)21-19-17-15-13-11-9-10-12-14-16-18-20-22-40(30-44(46)71-53)70-52-50(64)47(54)49(63)36(6)69-52/h7,9-22,33-44,46-50,52,55-60,62-64H,1,8,23-32,54H2,2-6H3/b10-9+,13-11+,14-12+,17-15+,18-16+,21-19-,22-20+/t33-,34-,35-,36+,37+,38+,39-,40-,41+,42+,43-,44-,46+,47-,48+,49+,50-,52-,53+/m0/s1. The maximum absolute atomic E-state index is 13.7. The van der Waals surface area contributed by atoms with Gasteiger partial charge in [-0.15, -0.1) is 0 Å². The van der Waals surface area contributed by atoms with Crippen molar-refractivity contribution >= 4 is 11.9 Å². The van der Waals surface area contributed by atoms with Gasteiger partial charge in [0, 0.05) is 44.1 Å². The third-order valence-electron chi connectivity index (χ3n) is 12.9. The molecule has 71 heavy (non-hydrogen) atoms. The SMILES string of the molecule is C=CCOC(=O)[C@H]1[C@@H]2C[C@@H](O[C@@H]3O[C@H](C)[C@@H](O)[C@H](N)[C@@H]3O)/C=C/C=C/C=C/C=C/C=C/C=C/C=C\[C@H](C)[C@@H](O)[C@@H](C)[C@H](C)OC(=O)C[C@H](O)C[C@H](O)CC[C@@H](O)[C@H](O)C[C@H](O)C[C@](OCCC)(C[C@@H]1O)O2. The van der Waals surface area contributed by atoms with Gasteiger partial charge in [0.05, 0.1) is 79.6 Å². The van der Waals surface area contributed by atoms with Crippen molar-refractivity contribution in [3.63, 3.8) is 0 Å². The van der Waals surface area contributed by atoms with Crippen molar-refractivity contribution in [1.82, 2.24) is 0 Å². The van der Waals surface area contributed by atoms with Crippen molar-refractivity contribution in [2.24, 2.45) is 23.5 Å². The Hall–Kier alpha value is -3.70. The highest BCUT2D eigenvalue weighted by Gasteiger charge is 2.53. The zero-order chi connectivity index (χ0) is 52.7. The molecule has 11 N–H and O–H groups in total. The summed E-state index contributed by atoms with van der Waals surface area (Å²) in [6.45, 7) is 12.2. The van der Waals surface area contributed by atoms with E-state index in [1.54, 1.807) is 63.3 Å². The highest BCUT2D eigenvalue weighted by molar-refractivity contribution is 5.74. The number of rotatable bonds is 8. The molecule has 19 atom stereocenters. The average molecular weight is 1010 g/mol. The van der Waals surface area contributed by atoms with E-state index in [-0.39, 0.29) is 57.7 Å². The van der Waals surface area contributed by atoms with Crippen LogP contribution in [0.1, 0.15) is 92.4 Å². The average Bonchev–Trinajstić information content (AvgIpc) is 3.31. The molecule has 2 bridgehead atoms. The van der Waals surface area contributed by atoms with Crippen LogP contribution in [0.3, 0.4) is 0 Å². The number of nitrogens with two attached hydrogens (primary N) is 1. The number of aliphatic hydroxyl groups excluding tert-OH is 9. The molecule has 18 heteroatoms. The fourth-order valence-electron chi connectivity index (χ4n) is 8.61. The van der Waals surface area contributed by atoms with Crippen LogP contribution in [0.15, 0.2) is 97.7 Å². The van der Waals surface area contributed by atoms with Gasteiger partial charge in [-0.2, -0.15) is 0 Å². The molecule has 2 fully saturated rings. The highest BCUT2D eigenvalue weighted by atomic mass is 16.7. The van der Waals surface area contributed by atoms with Crippen molar-refractivity contribution in [2.75, 3.05) is 13.2 Å². The summed E-state index contributed by atoms with van der Waals surface area (Å²) in [7, 11) is 0. The zero-order valence-electron chi connectivity index (χ0n) is 41.9. The van der Waals surface area contributed by atoms with E-state index < -0.39 is 134 Å². The summed E-state index contributed by atoms with van der Waals surface area (Å²) in [6.07, 6.45) is 7.90. The first-order valence-corrected chi connectivity index (χ1v) is 24.9. The van der Waals surface area contributed by atoms with Gasteiger partial charge in [-0.25, -0.2) is 0 Å². The summed E-state index contributed by atoms with van der Waals surface area (Å²) >= 11 is 0. The fraction of sp³-hybridized carbons (Fsp3) is 0.660. The Balaban J connectivity index is 1.98. The van der Waals surface area contributed by atoms with Crippen LogP contribution in [0.2, 0.25) is 0 Å². The second-order valence-corrected chi connectivity index (χ2v) is 19.0. The minimum absolute atomic E-state index is 0.0730. The summed E-state index contributed by atoms with van der Waals surface area (Å²) in [5.41, 5.74) is 6.13. The molecular formula is C53H83NO17. The topological polar surface area (TPSA) is 298 Å². The second kappa shape index (κ2) is 31.8. The number of carbonyl (C=O) groups is 2. The molecule has 2 saturated heterocycles. The van der Waals surface area contributed by atoms with E-state index in [0.717, 1.165) is 0 Å². The smallest absolute Gasteiger partial charge is 0.314 e. The summed E-state index contributed by atoms with van der Waals surface area (Å²) in [5, 5.41) is 98.9. The Morgan fingerprint density at radius 1 is 0.732 bits per heavy atom. The molecule has 3 heterocycles. The van der Waals surface area contributed by atoms with Crippen molar-refractivity contribution < 1.29 is 84.0 Å². The van der Waals surface area contributed by atoms with Crippen molar-refractivity contribution in [2.45, 2.75) is 190 Å². The predicted octanol–water partition coefficient (Wildman–Crippen LogP) is 2.79. The normalized spacial score (nSPS) is 42.5. The van der Waals surface area contributed by atoms with E-state index in [1.807, 2.05) is 56.4 Å². The molecule has 3 aliphatic heterocycles. The maximum Gasteiger partial charge on any atom is 0.314 e. The van der Waals surface area contributed by atoms with Gasteiger partial charge >= 0.3 is 11.9 Å². The maximum atomic E-state index is 13.7. The van der Waals surface area contributed by atoms with E-state index in [0.29, 0.717) is 6.42 Å². The second-order valence-electron chi connectivity index (χ2n) is 19.0. The van der Waals surface area contributed by atoms with Crippen molar-refractivity contribution in [3.8, 4) is 0 Å². The number of hydrogen-bond donors (Lipinski definition) is 10. The molecule has 3 rings (SSSR count). The molecule has 0 aliphatic carbocycles. The lowest BCUT2D eigenvalue weighted by Gasteiger charge is -2.47. The number of aliphatic hydroxyl groups is 9. The lowest BCUT2D eigenvalue weighted by Crippen LogP contribution is -2.62. The Kier molecular flexibility index (Phi) is 27.6. The number of allylic oxidation sites excluding steroid dienone is 12. The Morgan fingerprint density at radius 3 is 1.94 bits per heavy atom. The molecule has 0 saturated carbocycles. The van der Waals surface area contributed by atoms with Crippen LogP contribution in [0.4, 0.5) is 0 Å². The van der Waals surface area contributed by atoms with Gasteiger partial charge in [-0.05, 0) is 39.5 Å². The lowest BCUT2D eigenvalue weighted by molar-refractivity contribution is -0.325. The molecule has 0 amide bonds. The molecule has 0 radical (unpaired) electrons. The van der Waals surface area contributed by atoms with E-state index in [2.05, 4.69) is 6.58 Å². The number of fused-ring (bicyclic) bond motifs is 2. The van der Waals surface area contributed by atoms with Gasteiger partial charge in [0.1, 0.15) is 24.7 Å². The highest BCUT2D eigenvalue weighted by Crippen LogP contribution is 2.41. The van der Waals surface area contributed by atoms with E-state index >= 15 is 0 Å². The van der Waals surface area contributed by atoms with Crippen LogP contribution in [0.5, 0.6) is 0 Å². The van der Waals surface area contributed by atoms with Gasteiger partial charge in [0.15, 0.2) is 12.1 Å². The van der Waals surface area contributed by atoms with Crippen LogP contribution in [-0.4, -0.2) is 169 Å². The van der Waals surface area contributed by atoms with Gasteiger partial charge < -0.3 is 80.1 Å². The van der Waals surface area contributed by atoms with Gasteiger partial charge in [0.25, 0.3) is 0 Å². The molecule has 0 aromatic rings. The van der Waals surface area contributed by atoms with E-state index in [1.165, 1.54) is 6.08 Å². The molecule has 402 valence electrons. The minimum atomic E-state index is -1.74. The molecular weight excluding hydrogens is 923 g/mol. The van der Waals surface area contributed by atoms with Crippen LogP contribution in [-0.2, 0) is 38.0 Å². The first-order chi connectivity index (χ1) is 33.7. The van der Waals surface area contributed by atoms with E-state index in [9.17, 15) is 55.5 Å². The third-order valence-corrected chi connectivity index (χ3v) is 12.9. The van der Waals surface area contributed by atoms with Crippen LogP contribution >= 0.6 is 0 Å². The molecule has 0 unspecified atom stereocenters. The monoisotopic (exact) mass is 1010 g/mol. The minimum Gasteiger partial charge on any atom is -0.462 e. The van der Waals surface area contributed by atoms with Gasteiger partial charge in [0.2, 0.25) is 0 Å². The summed E-state index contributed by atoms with van der Waals surface area (Å²) < 4.78 is 35.9. The van der Waals surface area contributed by atoms with Crippen LogP contribution in [0.25, 0.3) is 0 Å². The summed E-state index contributed by atoms with van der Waals surface area (Å²) in [5.74, 6) is -5.30. The number of cyclic esters (lactones) is 1. The molecule has 0 aromatic heterocycles. The lowest BCUT2D eigenvalue weighted by atomic mass is 9.82. The largest absolute Gasteiger partial charge is 0.462 e. The van der Waals surface area contributed by atoms with Crippen LogP contribution < -0.4 is 5.73 Å². The quantitative estimate of drug-likeness (QED) is 0.124. The zero-order valence-corrected chi connectivity index (χ0v) is 41.9. The molecule has 3 aliphatic rings. The number of esters is 2. The first kappa shape index (κ1) is 61.6. The first-order valence-electron chi connectivity index (χ1n) is 24.9. The predicted molar refractivity (Wildman–Crippen MR) is 265 cm³/mol. The number of ether oxygens (including phenoxy) is 6. The van der Waals surface area contributed by atoms with Gasteiger partial charge in [-0.1, -0.05) is 118 Å². The molecule has 0 spiro atoms. The van der Waals surface area contributed by atoms with Crippen molar-refractivity contribution in [3.05, 3.63) is 97.7 Å². The Bertz CT molecular complexity index is 1800. The summed E-state index contributed by atoms with van der Waals surface area (Å²) in [6, 6.07) is -1.12.